The molecule has 1 amide bonds. The van der Waals surface area contributed by atoms with Crippen LogP contribution in [0.25, 0.3) is 0 Å². The molecule has 1 unspecified atom stereocenters. The van der Waals surface area contributed by atoms with E-state index in [-0.39, 0.29) is 13.2 Å². The lowest BCUT2D eigenvalue weighted by molar-refractivity contribution is -0.143. The first-order valence-electron chi connectivity index (χ1n) is 6.62. The molecule has 110 valence electrons. The number of carboxylic acid groups (broad SMARTS) is 1. The van der Waals surface area contributed by atoms with Crippen LogP contribution in [0.5, 0.6) is 5.75 Å². The molecule has 0 saturated carbocycles. The third-order valence-corrected chi connectivity index (χ3v) is 3.46. The fourth-order valence-corrected chi connectivity index (χ4v) is 2.51. The molecule has 21 heavy (non-hydrogen) atoms. The third-order valence-electron chi connectivity index (χ3n) is 3.46. The molecule has 2 rings (SSSR count). The Labute approximate surface area is 124 Å². The summed E-state index contributed by atoms with van der Waals surface area (Å²) in [5, 5.41) is 9.48. The number of carbonyl (C=O) groups excluding carboxylic acids is 1. The number of aliphatic carboxylic acids is 1. The summed E-state index contributed by atoms with van der Waals surface area (Å²) >= 11 is 0. The zero-order chi connectivity index (χ0) is 15.6. The average molecular weight is 289 g/mol. The molecule has 0 spiro atoms. The van der Waals surface area contributed by atoms with Gasteiger partial charge >= 0.3 is 12.1 Å². The molecule has 7 heteroatoms. The van der Waals surface area contributed by atoms with Crippen molar-refractivity contribution < 1.29 is 24.2 Å². The summed E-state index contributed by atoms with van der Waals surface area (Å²) in [5.74, 6) is -0.721. The second-order valence-corrected chi connectivity index (χ2v) is 4.68. The van der Waals surface area contributed by atoms with Crippen LogP contribution in [0.1, 0.15) is 24.1 Å². The summed E-state index contributed by atoms with van der Waals surface area (Å²) in [7, 11) is 7.30. The van der Waals surface area contributed by atoms with Crippen molar-refractivity contribution in [1.29, 1.82) is 0 Å². The highest BCUT2D eigenvalue weighted by atomic mass is 16.6. The quantitative estimate of drug-likeness (QED) is 0.826. The molecule has 0 aliphatic carbocycles. The summed E-state index contributed by atoms with van der Waals surface area (Å²) in [5.41, 5.74) is 1.76. The topological polar surface area (TPSA) is 76.1 Å². The van der Waals surface area contributed by atoms with Crippen molar-refractivity contribution in [3.8, 4) is 5.75 Å². The first kappa shape index (κ1) is 15.2. The molecule has 1 aliphatic heterocycles. The number of fused-ring (bicyclic) bond motifs is 1. The van der Waals surface area contributed by atoms with E-state index in [4.69, 9.17) is 17.3 Å². The van der Waals surface area contributed by atoms with Crippen LogP contribution in [0.2, 0.25) is 0 Å². The first-order chi connectivity index (χ1) is 9.99. The van der Waals surface area contributed by atoms with Crippen LogP contribution in [-0.2, 0) is 16.0 Å². The maximum Gasteiger partial charge on any atom is 0.410 e. The van der Waals surface area contributed by atoms with Gasteiger partial charge in [0.2, 0.25) is 0 Å². The molecule has 0 bridgehead atoms. The van der Waals surface area contributed by atoms with Crippen molar-refractivity contribution in [2.75, 3.05) is 20.3 Å². The Morgan fingerprint density at radius 1 is 1.48 bits per heavy atom. The summed E-state index contributed by atoms with van der Waals surface area (Å²) < 4.78 is 10.1. The minimum absolute atomic E-state index is 0.194. The number of carboxylic acids is 1. The lowest BCUT2D eigenvalue weighted by atomic mass is 9.85. The molecule has 0 saturated heterocycles. The SMILES string of the molecule is [B]c1cc2c(cc1OC)C(C(=O)O)N(C(=O)OCC)CC2. The van der Waals surface area contributed by atoms with Crippen molar-refractivity contribution in [3.05, 3.63) is 23.3 Å². The van der Waals surface area contributed by atoms with Gasteiger partial charge in [-0.05, 0) is 30.5 Å². The van der Waals surface area contributed by atoms with Gasteiger partial charge in [-0.2, -0.15) is 0 Å². The van der Waals surface area contributed by atoms with Gasteiger partial charge in [0.1, 0.15) is 13.6 Å². The number of amides is 1. The van der Waals surface area contributed by atoms with Crippen molar-refractivity contribution in [2.45, 2.75) is 19.4 Å². The summed E-state index contributed by atoms with van der Waals surface area (Å²) in [6.45, 7) is 2.14. The van der Waals surface area contributed by atoms with E-state index in [1.807, 2.05) is 0 Å². The zero-order valence-electron chi connectivity index (χ0n) is 12.0. The third kappa shape index (κ3) is 2.81. The predicted octanol–water partition coefficient (Wildman–Crippen LogP) is 0.629. The van der Waals surface area contributed by atoms with E-state index < -0.39 is 18.1 Å². The molecule has 0 fully saturated rings. The van der Waals surface area contributed by atoms with Gasteiger partial charge < -0.3 is 14.6 Å². The molecule has 6 nitrogen and oxygen atoms in total. The molecule has 1 atom stereocenters. The van der Waals surface area contributed by atoms with Crippen molar-refractivity contribution in [2.24, 2.45) is 0 Å². The van der Waals surface area contributed by atoms with E-state index in [2.05, 4.69) is 0 Å². The minimum Gasteiger partial charge on any atom is -0.497 e. The number of methoxy groups -OCH3 is 1. The van der Waals surface area contributed by atoms with Gasteiger partial charge in [0.05, 0.1) is 13.7 Å². The van der Waals surface area contributed by atoms with Gasteiger partial charge in [-0.1, -0.05) is 11.5 Å². The van der Waals surface area contributed by atoms with Gasteiger partial charge in [0, 0.05) is 6.54 Å². The number of rotatable bonds is 3. The van der Waals surface area contributed by atoms with E-state index >= 15 is 0 Å². The molecule has 1 aromatic rings. The van der Waals surface area contributed by atoms with Crippen LogP contribution in [0.3, 0.4) is 0 Å². The van der Waals surface area contributed by atoms with Crippen molar-refractivity contribution >= 4 is 25.4 Å². The highest BCUT2D eigenvalue weighted by Gasteiger charge is 2.37. The highest BCUT2D eigenvalue weighted by molar-refractivity contribution is 6.34. The van der Waals surface area contributed by atoms with Gasteiger partial charge in [0.15, 0.2) is 6.04 Å². The largest absolute Gasteiger partial charge is 0.497 e. The number of nitrogens with zero attached hydrogens (tertiary/aromatic N) is 1. The average Bonchev–Trinajstić information content (AvgIpc) is 2.45. The van der Waals surface area contributed by atoms with Crippen LogP contribution >= 0.6 is 0 Å². The fourth-order valence-electron chi connectivity index (χ4n) is 2.51. The summed E-state index contributed by atoms with van der Waals surface area (Å²) in [6.07, 6.45) is -0.113. The van der Waals surface area contributed by atoms with Crippen LogP contribution in [0.4, 0.5) is 4.79 Å². The molecular formula is C14H16BNO5. The summed E-state index contributed by atoms with van der Waals surface area (Å²) in [6, 6.07) is 2.18. The fraction of sp³-hybridized carbons (Fsp3) is 0.429. The Morgan fingerprint density at radius 2 is 2.19 bits per heavy atom. The lowest BCUT2D eigenvalue weighted by Gasteiger charge is -2.34. The molecule has 2 radical (unpaired) electrons. The van der Waals surface area contributed by atoms with Crippen molar-refractivity contribution in [1.82, 2.24) is 4.90 Å². The van der Waals surface area contributed by atoms with Crippen LogP contribution in [0, 0.1) is 0 Å². The smallest absolute Gasteiger partial charge is 0.410 e. The second kappa shape index (κ2) is 6.07. The van der Waals surface area contributed by atoms with Gasteiger partial charge in [-0.3, -0.25) is 4.90 Å². The second-order valence-electron chi connectivity index (χ2n) is 4.68. The maximum absolute atomic E-state index is 11.9. The van der Waals surface area contributed by atoms with Gasteiger partial charge in [-0.15, -0.1) is 0 Å². The van der Waals surface area contributed by atoms with E-state index in [9.17, 15) is 14.7 Å². The Morgan fingerprint density at radius 3 is 2.76 bits per heavy atom. The lowest BCUT2D eigenvalue weighted by Crippen LogP contribution is -2.44. The molecule has 1 heterocycles. The Balaban J connectivity index is 2.46. The van der Waals surface area contributed by atoms with Gasteiger partial charge in [0.25, 0.3) is 0 Å². The molecule has 1 N–H and O–H groups in total. The van der Waals surface area contributed by atoms with Crippen LogP contribution in [0.15, 0.2) is 12.1 Å². The Kier molecular flexibility index (Phi) is 4.40. The number of benzene rings is 1. The monoisotopic (exact) mass is 289 g/mol. The maximum atomic E-state index is 11.9. The summed E-state index contributed by atoms with van der Waals surface area (Å²) in [4.78, 5) is 24.7. The number of carbonyl (C=O) groups is 2. The molecule has 1 aliphatic rings. The minimum atomic E-state index is -1.11. The predicted molar refractivity (Wildman–Crippen MR) is 76.2 cm³/mol. The molecular weight excluding hydrogens is 273 g/mol. The number of hydrogen-bond acceptors (Lipinski definition) is 4. The van der Waals surface area contributed by atoms with E-state index in [0.717, 1.165) is 5.56 Å². The van der Waals surface area contributed by atoms with E-state index in [1.165, 1.54) is 12.0 Å². The van der Waals surface area contributed by atoms with Crippen LogP contribution in [-0.4, -0.2) is 50.2 Å². The van der Waals surface area contributed by atoms with E-state index in [1.54, 1.807) is 19.1 Å². The Bertz CT molecular complexity index is 575. The first-order valence-corrected chi connectivity index (χ1v) is 6.62. The molecule has 1 aromatic carbocycles. The standard InChI is InChI=1S/C14H16BNO5/c1-3-21-14(19)16-5-4-8-6-10(15)11(20-2)7-9(8)12(16)13(17)18/h6-7,12H,3-5H2,1-2H3,(H,17,18). The van der Waals surface area contributed by atoms with E-state index in [0.29, 0.717) is 23.2 Å². The normalized spacial score (nSPS) is 17.0. The molecule has 0 aromatic heterocycles. The van der Waals surface area contributed by atoms with Crippen LogP contribution < -0.4 is 10.2 Å². The number of ether oxygens (including phenoxy) is 2. The Hall–Kier alpha value is -2.18. The van der Waals surface area contributed by atoms with Gasteiger partial charge in [-0.25, -0.2) is 9.59 Å². The van der Waals surface area contributed by atoms with Crippen molar-refractivity contribution in [3.63, 3.8) is 0 Å². The highest BCUT2D eigenvalue weighted by Crippen LogP contribution is 2.32. The zero-order valence-corrected chi connectivity index (χ0v) is 12.0. The number of hydrogen-bond donors (Lipinski definition) is 1.